The highest BCUT2D eigenvalue weighted by Gasteiger charge is 2.29. The SMILES string of the molecule is CCNC(=O)[C@@H](CC(C)C)NC(=O)[C@@H](C)NC(=O)[C@@H](CC(C)C)NC(=O)[C@@H](C)NC(=O)CCC(=O)NCCOP(=O)(O)OC. The summed E-state index contributed by atoms with van der Waals surface area (Å²) in [5.74, 6) is -3.08. The molecule has 0 aliphatic rings. The van der Waals surface area contributed by atoms with E-state index >= 15 is 0 Å². The Hall–Kier alpha value is -3.07. The van der Waals surface area contributed by atoms with Crippen LogP contribution < -0.4 is 31.9 Å². The molecule has 0 fully saturated rings. The smallest absolute Gasteiger partial charge is 0.355 e. The molecule has 0 heterocycles. The van der Waals surface area contributed by atoms with Crippen molar-refractivity contribution in [3.63, 3.8) is 0 Å². The van der Waals surface area contributed by atoms with Crippen molar-refractivity contribution in [3.05, 3.63) is 0 Å². The number of hydrogen-bond donors (Lipinski definition) is 7. The molecule has 0 aromatic heterocycles. The fourth-order valence-electron chi connectivity index (χ4n) is 3.78. The monoisotopic (exact) mass is 650 g/mol. The van der Waals surface area contributed by atoms with Gasteiger partial charge in [0, 0.05) is 33.0 Å². The normalized spacial score (nSPS) is 15.2. The van der Waals surface area contributed by atoms with Gasteiger partial charge >= 0.3 is 7.82 Å². The van der Waals surface area contributed by atoms with Gasteiger partial charge in [-0.15, -0.1) is 0 Å². The zero-order chi connectivity index (χ0) is 34.0. The van der Waals surface area contributed by atoms with Crippen molar-refractivity contribution in [2.75, 3.05) is 26.8 Å². The van der Waals surface area contributed by atoms with Gasteiger partial charge in [0.25, 0.3) is 0 Å². The van der Waals surface area contributed by atoms with Crippen LogP contribution in [0, 0.1) is 11.8 Å². The summed E-state index contributed by atoms with van der Waals surface area (Å²) in [5, 5.41) is 15.5. The number of rotatable bonds is 21. The maximum Gasteiger partial charge on any atom is 0.471 e. The van der Waals surface area contributed by atoms with Gasteiger partial charge in [-0.3, -0.25) is 37.8 Å². The van der Waals surface area contributed by atoms with Crippen molar-refractivity contribution in [2.45, 2.75) is 98.3 Å². The number of hydrogen-bond acceptors (Lipinski definition) is 9. The fraction of sp³-hybridized carbons (Fsp3) is 0.778. The van der Waals surface area contributed by atoms with Crippen LogP contribution in [0.4, 0.5) is 0 Å². The van der Waals surface area contributed by atoms with E-state index < -0.39 is 61.5 Å². The van der Waals surface area contributed by atoms with Crippen LogP contribution >= 0.6 is 7.82 Å². The molecule has 254 valence electrons. The van der Waals surface area contributed by atoms with Gasteiger partial charge in [-0.2, -0.15) is 0 Å². The van der Waals surface area contributed by atoms with Gasteiger partial charge in [0.1, 0.15) is 24.2 Å². The second-order valence-electron chi connectivity index (χ2n) is 11.1. The van der Waals surface area contributed by atoms with Crippen molar-refractivity contribution in [2.24, 2.45) is 11.8 Å². The quantitative estimate of drug-likeness (QED) is 0.0642. The van der Waals surface area contributed by atoms with Crippen LogP contribution in [0.25, 0.3) is 0 Å². The lowest BCUT2D eigenvalue weighted by Gasteiger charge is -2.25. The maximum absolute atomic E-state index is 13.1. The summed E-state index contributed by atoms with van der Waals surface area (Å²) in [6.07, 6.45) is 0.216. The zero-order valence-electron chi connectivity index (χ0n) is 27.0. The zero-order valence-corrected chi connectivity index (χ0v) is 27.9. The topological polar surface area (TPSA) is 230 Å². The van der Waals surface area contributed by atoms with E-state index in [1.165, 1.54) is 13.8 Å². The van der Waals surface area contributed by atoms with Crippen molar-refractivity contribution in [1.82, 2.24) is 31.9 Å². The molecule has 17 heteroatoms. The summed E-state index contributed by atoms with van der Waals surface area (Å²) in [6.45, 7) is 12.3. The highest BCUT2D eigenvalue weighted by Crippen LogP contribution is 2.41. The minimum absolute atomic E-state index is 0.00373. The van der Waals surface area contributed by atoms with Gasteiger partial charge < -0.3 is 36.8 Å². The maximum atomic E-state index is 13.1. The van der Waals surface area contributed by atoms with Crippen LogP contribution in [0.1, 0.15) is 74.1 Å². The molecular weight excluding hydrogens is 599 g/mol. The van der Waals surface area contributed by atoms with Gasteiger partial charge in [-0.05, 0) is 45.4 Å². The Labute approximate surface area is 259 Å². The van der Waals surface area contributed by atoms with Gasteiger partial charge in [-0.1, -0.05) is 27.7 Å². The van der Waals surface area contributed by atoms with E-state index in [4.69, 9.17) is 4.89 Å². The van der Waals surface area contributed by atoms with E-state index in [-0.39, 0.29) is 50.2 Å². The standard InChI is InChI=1S/C27H51N6O10P/c1-9-28-26(38)20(14-16(2)3)32-25(37)19(7)31-27(39)21(15-17(4)5)33-24(36)18(6)30-23(35)11-10-22(34)29-12-13-43-44(40,41)42-8/h16-21H,9-15H2,1-8H3,(H,28,38)(H,29,34)(H,30,35)(H,31,39)(H,32,37)(H,33,36)(H,40,41)/t18-,19-,20-,21-/m1/s1. The summed E-state index contributed by atoms with van der Waals surface area (Å²) in [6, 6.07) is -3.81. The average Bonchev–Trinajstić information content (AvgIpc) is 2.92. The molecule has 0 saturated heterocycles. The number of carbonyl (C=O) groups excluding carboxylic acids is 6. The number of carbonyl (C=O) groups is 6. The molecule has 6 amide bonds. The number of amides is 6. The Balaban J connectivity index is 4.97. The summed E-state index contributed by atoms with van der Waals surface area (Å²) in [7, 11) is -3.15. The summed E-state index contributed by atoms with van der Waals surface area (Å²) >= 11 is 0. The minimum atomic E-state index is -4.15. The largest absolute Gasteiger partial charge is 0.471 e. The van der Waals surface area contributed by atoms with E-state index in [1.807, 2.05) is 27.7 Å². The highest BCUT2D eigenvalue weighted by molar-refractivity contribution is 7.47. The summed E-state index contributed by atoms with van der Waals surface area (Å²) < 4.78 is 20.0. The van der Waals surface area contributed by atoms with Crippen LogP contribution in [-0.4, -0.2) is 91.3 Å². The number of nitrogens with one attached hydrogen (secondary N) is 6. The Morgan fingerprint density at radius 3 is 1.64 bits per heavy atom. The van der Waals surface area contributed by atoms with Crippen molar-refractivity contribution in [3.8, 4) is 0 Å². The molecule has 16 nitrogen and oxygen atoms in total. The lowest BCUT2D eigenvalue weighted by molar-refractivity contribution is -0.134. The van der Waals surface area contributed by atoms with Gasteiger partial charge in [-0.25, -0.2) is 4.57 Å². The summed E-state index contributed by atoms with van der Waals surface area (Å²) in [5.41, 5.74) is 0. The average molecular weight is 651 g/mol. The second kappa shape index (κ2) is 20.8. The molecule has 0 aromatic rings. The number of phosphoric ester groups is 1. The molecule has 44 heavy (non-hydrogen) atoms. The number of phosphoric acid groups is 1. The lowest BCUT2D eigenvalue weighted by Crippen LogP contribution is -2.57. The fourth-order valence-corrected chi connectivity index (χ4v) is 4.20. The summed E-state index contributed by atoms with van der Waals surface area (Å²) in [4.78, 5) is 84.4. The Bertz CT molecular complexity index is 1030. The van der Waals surface area contributed by atoms with Crippen LogP contribution in [0.2, 0.25) is 0 Å². The first-order chi connectivity index (χ1) is 20.4. The highest BCUT2D eigenvalue weighted by atomic mass is 31.2. The third kappa shape index (κ3) is 17.9. The number of likely N-dealkylation sites (N-methyl/N-ethyl adjacent to an activating group) is 1. The van der Waals surface area contributed by atoms with Crippen LogP contribution in [0.15, 0.2) is 0 Å². The third-order valence-electron chi connectivity index (χ3n) is 6.04. The lowest BCUT2D eigenvalue weighted by atomic mass is 10.0. The minimum Gasteiger partial charge on any atom is -0.355 e. The van der Waals surface area contributed by atoms with Gasteiger partial charge in [0.2, 0.25) is 35.4 Å². The van der Waals surface area contributed by atoms with E-state index in [1.54, 1.807) is 6.92 Å². The first kappa shape index (κ1) is 40.9. The first-order valence-corrected chi connectivity index (χ1v) is 16.2. The van der Waals surface area contributed by atoms with Crippen molar-refractivity contribution >= 4 is 43.3 Å². The van der Waals surface area contributed by atoms with E-state index in [0.29, 0.717) is 13.0 Å². The van der Waals surface area contributed by atoms with Crippen LogP contribution in [-0.2, 0) is 42.4 Å². The molecule has 0 spiro atoms. The Morgan fingerprint density at radius 1 is 0.682 bits per heavy atom. The molecule has 0 aliphatic heterocycles. The molecule has 0 radical (unpaired) electrons. The van der Waals surface area contributed by atoms with Crippen LogP contribution in [0.5, 0.6) is 0 Å². The van der Waals surface area contributed by atoms with Crippen molar-refractivity contribution in [1.29, 1.82) is 0 Å². The molecular formula is C27H51N6O10P. The van der Waals surface area contributed by atoms with E-state index in [9.17, 15) is 33.3 Å². The predicted octanol–water partition coefficient (Wildman–Crippen LogP) is -0.146. The Kier molecular flexibility index (Phi) is 19.4. The Morgan fingerprint density at radius 2 is 1.16 bits per heavy atom. The molecule has 0 bridgehead atoms. The van der Waals surface area contributed by atoms with Gasteiger partial charge in [0.15, 0.2) is 0 Å². The van der Waals surface area contributed by atoms with Gasteiger partial charge in [0.05, 0.1) is 6.61 Å². The molecule has 1 unspecified atom stereocenters. The molecule has 0 saturated carbocycles. The molecule has 0 rings (SSSR count). The third-order valence-corrected chi connectivity index (χ3v) is 7.01. The molecule has 0 aliphatic carbocycles. The van der Waals surface area contributed by atoms with Crippen molar-refractivity contribution < 1.29 is 47.3 Å². The predicted molar refractivity (Wildman–Crippen MR) is 162 cm³/mol. The molecule has 5 atom stereocenters. The molecule has 0 aromatic carbocycles. The second-order valence-corrected chi connectivity index (χ2v) is 12.7. The van der Waals surface area contributed by atoms with E-state index in [2.05, 4.69) is 40.9 Å². The van der Waals surface area contributed by atoms with E-state index in [0.717, 1.165) is 7.11 Å². The first-order valence-electron chi connectivity index (χ1n) is 14.7. The van der Waals surface area contributed by atoms with Crippen LogP contribution in [0.3, 0.4) is 0 Å². The molecule has 7 N–H and O–H groups in total.